The third-order valence-electron chi connectivity index (χ3n) is 3.31. The summed E-state index contributed by atoms with van der Waals surface area (Å²) in [5.41, 5.74) is 4.89. The molecule has 0 bridgehead atoms. The molecule has 1 atom stereocenters. The second kappa shape index (κ2) is 5.63. The van der Waals surface area contributed by atoms with Crippen molar-refractivity contribution in [2.75, 3.05) is 6.54 Å². The van der Waals surface area contributed by atoms with E-state index in [1.165, 1.54) is 12.1 Å². The molecule has 1 aliphatic rings. The summed E-state index contributed by atoms with van der Waals surface area (Å²) in [6.45, 7) is 0.168. The van der Waals surface area contributed by atoms with Gasteiger partial charge in [-0.05, 0) is 31.0 Å². The monoisotopic (exact) mass is 332 g/mol. The molecule has 1 amide bonds. The summed E-state index contributed by atoms with van der Waals surface area (Å²) in [6, 6.07) is 2.49. The van der Waals surface area contributed by atoms with E-state index >= 15 is 0 Å². The average Bonchev–Trinajstić information content (AvgIpc) is 2.88. The second-order valence-corrected chi connectivity index (χ2v) is 6.92. The fourth-order valence-corrected chi connectivity index (χ4v) is 4.17. The van der Waals surface area contributed by atoms with Crippen molar-refractivity contribution < 1.29 is 23.1 Å². The van der Waals surface area contributed by atoms with Gasteiger partial charge in [0.05, 0.1) is 15.5 Å². The van der Waals surface area contributed by atoms with Gasteiger partial charge in [0, 0.05) is 6.54 Å². The van der Waals surface area contributed by atoms with Crippen LogP contribution in [0.2, 0.25) is 5.02 Å². The number of carboxylic acid groups (broad SMARTS) is 1. The molecule has 0 aromatic heterocycles. The number of aromatic carboxylic acids is 1. The molecular formula is C12H13ClN2O5S. The molecule has 2 rings (SSSR count). The normalized spacial score (nSPS) is 19.6. The summed E-state index contributed by atoms with van der Waals surface area (Å²) in [5, 5.41) is 8.93. The van der Waals surface area contributed by atoms with Crippen LogP contribution in [-0.2, 0) is 14.8 Å². The van der Waals surface area contributed by atoms with E-state index < -0.39 is 27.9 Å². The van der Waals surface area contributed by atoms with Gasteiger partial charge in [0.15, 0.2) is 0 Å². The largest absolute Gasteiger partial charge is 0.478 e. The van der Waals surface area contributed by atoms with Gasteiger partial charge in [-0.25, -0.2) is 13.2 Å². The molecule has 1 unspecified atom stereocenters. The van der Waals surface area contributed by atoms with Gasteiger partial charge in [0.2, 0.25) is 15.9 Å². The first kappa shape index (κ1) is 15.7. The number of halogens is 1. The highest BCUT2D eigenvalue weighted by molar-refractivity contribution is 7.89. The highest BCUT2D eigenvalue weighted by atomic mass is 35.5. The maximum Gasteiger partial charge on any atom is 0.337 e. The first-order chi connectivity index (χ1) is 9.75. The molecule has 1 aromatic rings. The molecule has 0 aliphatic carbocycles. The summed E-state index contributed by atoms with van der Waals surface area (Å²) >= 11 is 5.72. The van der Waals surface area contributed by atoms with Gasteiger partial charge in [-0.15, -0.1) is 0 Å². The summed E-state index contributed by atoms with van der Waals surface area (Å²) in [6.07, 6.45) is 0.875. The van der Waals surface area contributed by atoms with Crippen molar-refractivity contribution in [3.63, 3.8) is 0 Å². The number of sulfonamides is 1. The molecule has 0 spiro atoms. The standard InChI is InChI=1S/C12H13ClN2O5S/c13-9-4-3-7(6-8(9)12(17)18)21(19,20)15-5-1-2-10(15)11(14)16/h3-4,6,10H,1-2,5H2,(H2,14,16)(H,17,18). The van der Waals surface area contributed by atoms with Gasteiger partial charge in [0.25, 0.3) is 0 Å². The average molecular weight is 333 g/mol. The number of carbonyl (C=O) groups excluding carboxylic acids is 1. The fourth-order valence-electron chi connectivity index (χ4n) is 2.28. The van der Waals surface area contributed by atoms with E-state index in [-0.39, 0.29) is 22.0 Å². The van der Waals surface area contributed by atoms with E-state index in [9.17, 15) is 18.0 Å². The first-order valence-corrected chi connectivity index (χ1v) is 7.91. The highest BCUT2D eigenvalue weighted by Crippen LogP contribution is 2.28. The summed E-state index contributed by atoms with van der Waals surface area (Å²) in [7, 11) is -4.00. The lowest BCUT2D eigenvalue weighted by atomic mass is 10.2. The smallest absolute Gasteiger partial charge is 0.337 e. The van der Waals surface area contributed by atoms with E-state index in [1.807, 2.05) is 0 Å². The number of carboxylic acids is 1. The van der Waals surface area contributed by atoms with Crippen LogP contribution >= 0.6 is 11.6 Å². The molecule has 0 radical (unpaired) electrons. The summed E-state index contributed by atoms with van der Waals surface area (Å²) < 4.78 is 26.0. The Labute approximate surface area is 126 Å². The number of benzene rings is 1. The number of nitrogens with zero attached hydrogens (tertiary/aromatic N) is 1. The Morgan fingerprint density at radius 2 is 2.05 bits per heavy atom. The van der Waals surface area contributed by atoms with Crippen LogP contribution in [0.15, 0.2) is 23.1 Å². The second-order valence-electron chi connectivity index (χ2n) is 4.62. The van der Waals surface area contributed by atoms with Crippen LogP contribution in [-0.4, -0.2) is 42.3 Å². The first-order valence-electron chi connectivity index (χ1n) is 6.09. The Hall–Kier alpha value is -1.64. The van der Waals surface area contributed by atoms with Gasteiger partial charge < -0.3 is 10.8 Å². The lowest BCUT2D eigenvalue weighted by molar-refractivity contribution is -0.121. The van der Waals surface area contributed by atoms with Crippen LogP contribution in [0.1, 0.15) is 23.2 Å². The minimum atomic E-state index is -4.00. The van der Waals surface area contributed by atoms with E-state index in [4.69, 9.17) is 22.4 Å². The summed E-state index contributed by atoms with van der Waals surface area (Å²) in [4.78, 5) is 22.1. The molecule has 7 nitrogen and oxygen atoms in total. The number of carbonyl (C=O) groups is 2. The van der Waals surface area contributed by atoms with Crippen molar-refractivity contribution >= 4 is 33.5 Å². The van der Waals surface area contributed by atoms with Crippen LogP contribution in [0, 0.1) is 0 Å². The van der Waals surface area contributed by atoms with Gasteiger partial charge in [0.1, 0.15) is 6.04 Å². The fraction of sp³-hybridized carbons (Fsp3) is 0.333. The van der Waals surface area contributed by atoms with Crippen LogP contribution in [0.25, 0.3) is 0 Å². The lowest BCUT2D eigenvalue weighted by Crippen LogP contribution is -2.43. The van der Waals surface area contributed by atoms with Crippen LogP contribution < -0.4 is 5.73 Å². The maximum atomic E-state index is 12.5. The van der Waals surface area contributed by atoms with Gasteiger partial charge in [-0.3, -0.25) is 4.79 Å². The Kier molecular flexibility index (Phi) is 4.22. The SMILES string of the molecule is NC(=O)C1CCCN1S(=O)(=O)c1ccc(Cl)c(C(=O)O)c1. The molecule has 1 aromatic carbocycles. The Morgan fingerprint density at radius 3 is 2.62 bits per heavy atom. The predicted molar refractivity (Wildman–Crippen MR) is 74.5 cm³/mol. The molecular weight excluding hydrogens is 320 g/mol. The maximum absolute atomic E-state index is 12.5. The Bertz CT molecular complexity index is 704. The number of amides is 1. The molecule has 1 heterocycles. The number of nitrogens with two attached hydrogens (primary N) is 1. The Balaban J connectivity index is 2.47. The Morgan fingerprint density at radius 1 is 1.38 bits per heavy atom. The zero-order chi connectivity index (χ0) is 15.8. The molecule has 9 heteroatoms. The minimum absolute atomic E-state index is 0.0608. The van der Waals surface area contributed by atoms with E-state index in [2.05, 4.69) is 0 Å². The number of hydrogen-bond acceptors (Lipinski definition) is 4. The van der Waals surface area contributed by atoms with Crippen molar-refractivity contribution in [3.05, 3.63) is 28.8 Å². The van der Waals surface area contributed by atoms with E-state index in [0.29, 0.717) is 12.8 Å². The molecule has 21 heavy (non-hydrogen) atoms. The van der Waals surface area contributed by atoms with Crippen LogP contribution in [0.4, 0.5) is 0 Å². The number of rotatable bonds is 4. The minimum Gasteiger partial charge on any atom is -0.478 e. The van der Waals surface area contributed by atoms with Gasteiger partial charge >= 0.3 is 5.97 Å². The van der Waals surface area contributed by atoms with Crippen LogP contribution in [0.5, 0.6) is 0 Å². The van der Waals surface area contributed by atoms with Crippen molar-refractivity contribution in [3.8, 4) is 0 Å². The molecule has 1 saturated heterocycles. The lowest BCUT2D eigenvalue weighted by Gasteiger charge is -2.21. The molecule has 0 saturated carbocycles. The van der Waals surface area contributed by atoms with Crippen molar-refractivity contribution in [2.45, 2.75) is 23.8 Å². The number of hydrogen-bond donors (Lipinski definition) is 2. The topological polar surface area (TPSA) is 118 Å². The van der Waals surface area contributed by atoms with Gasteiger partial charge in [-0.2, -0.15) is 4.31 Å². The zero-order valence-electron chi connectivity index (χ0n) is 10.8. The predicted octanol–water partition coefficient (Wildman–Crippen LogP) is 0.677. The zero-order valence-corrected chi connectivity index (χ0v) is 12.4. The van der Waals surface area contributed by atoms with E-state index in [1.54, 1.807) is 0 Å². The van der Waals surface area contributed by atoms with Gasteiger partial charge in [-0.1, -0.05) is 11.6 Å². The van der Waals surface area contributed by atoms with Crippen molar-refractivity contribution in [1.82, 2.24) is 4.31 Å². The molecule has 1 fully saturated rings. The van der Waals surface area contributed by atoms with Crippen LogP contribution in [0.3, 0.4) is 0 Å². The van der Waals surface area contributed by atoms with E-state index in [0.717, 1.165) is 10.4 Å². The molecule has 114 valence electrons. The molecule has 1 aliphatic heterocycles. The number of primary amides is 1. The summed E-state index contributed by atoms with van der Waals surface area (Å²) in [5.74, 6) is -2.05. The third kappa shape index (κ3) is 2.87. The highest BCUT2D eigenvalue weighted by Gasteiger charge is 2.38. The van der Waals surface area contributed by atoms with Crippen molar-refractivity contribution in [1.29, 1.82) is 0 Å². The van der Waals surface area contributed by atoms with Crippen molar-refractivity contribution in [2.24, 2.45) is 5.73 Å². The third-order valence-corrected chi connectivity index (χ3v) is 5.54. The molecule has 3 N–H and O–H groups in total. The quantitative estimate of drug-likeness (QED) is 0.840.